The topological polar surface area (TPSA) is 19.0 Å². The highest BCUT2D eigenvalue weighted by molar-refractivity contribution is 5.83. The minimum Gasteiger partial charge on any atom is -0.361 e. The van der Waals surface area contributed by atoms with Crippen LogP contribution in [0.5, 0.6) is 0 Å². The number of rotatable bonds is 12. The molecule has 0 saturated heterocycles. The zero-order valence-electron chi connectivity index (χ0n) is 35.4. The van der Waals surface area contributed by atoms with Gasteiger partial charge in [0, 0.05) is 39.9 Å². The first kappa shape index (κ1) is 43.4. The van der Waals surface area contributed by atoms with E-state index >= 15 is 0 Å². The van der Waals surface area contributed by atoms with Gasteiger partial charge in [0.25, 0.3) is 0 Å². The van der Waals surface area contributed by atoms with Gasteiger partial charge in [-0.25, -0.2) is 0 Å². The maximum atomic E-state index is 4.00. The van der Waals surface area contributed by atoms with Gasteiger partial charge in [0.15, 0.2) is 0 Å². The number of terminal acetylenes is 1. The third kappa shape index (κ3) is 10.1. The quantitative estimate of drug-likeness (QED) is 0.0994. The molecule has 1 aliphatic rings. The number of aromatic nitrogens is 1. The van der Waals surface area contributed by atoms with Crippen LogP contribution < -0.4 is 4.90 Å². The molecular weight excluding hydrogens is 689 g/mol. The van der Waals surface area contributed by atoms with E-state index in [1.807, 2.05) is 18.2 Å². The fourth-order valence-electron chi connectivity index (χ4n) is 7.27. The van der Waals surface area contributed by atoms with E-state index in [1.165, 1.54) is 61.3 Å². The lowest BCUT2D eigenvalue weighted by Crippen LogP contribution is -2.18. The standard InChI is InChI=1S/C45H44N2.C8H14.C2H2/c1-8-14-33(9-2)16-13-17-36(10-3)47(38-25-26-40-43(30-38)45(6,7)42-27-28-46-44(40)42)37-23-21-34(22-24-37)35-20-19-32(5)41(29-35)39-18-12-11-15-31(39)4;1-4-6-7-8(3)5-2;1-2/h8-15,17-30,46H,1-2,16H2,3-7H3;5-7H,4H2,1-3H3;1-2H/b17-13-,33-14+,36-10+;7-6-,8-5-;. The third-order valence-corrected chi connectivity index (χ3v) is 10.6. The van der Waals surface area contributed by atoms with E-state index in [1.54, 1.807) is 0 Å². The molecule has 0 bridgehead atoms. The summed E-state index contributed by atoms with van der Waals surface area (Å²) >= 11 is 0. The second-order valence-corrected chi connectivity index (χ2v) is 14.7. The number of hydrogen-bond donors (Lipinski definition) is 1. The van der Waals surface area contributed by atoms with E-state index in [-0.39, 0.29) is 5.41 Å². The van der Waals surface area contributed by atoms with Crippen LogP contribution in [0.3, 0.4) is 0 Å². The van der Waals surface area contributed by atoms with E-state index in [4.69, 9.17) is 0 Å². The largest absolute Gasteiger partial charge is 0.361 e. The molecule has 57 heavy (non-hydrogen) atoms. The molecule has 5 aromatic rings. The van der Waals surface area contributed by atoms with Gasteiger partial charge in [0.2, 0.25) is 0 Å². The second-order valence-electron chi connectivity index (χ2n) is 14.7. The van der Waals surface area contributed by atoms with Gasteiger partial charge in [-0.1, -0.05) is 143 Å². The summed E-state index contributed by atoms with van der Waals surface area (Å²) in [5, 5.41) is 0. The van der Waals surface area contributed by atoms with E-state index in [0.717, 1.165) is 35.5 Å². The lowest BCUT2D eigenvalue weighted by Gasteiger charge is -2.29. The van der Waals surface area contributed by atoms with Crippen LogP contribution in [0.25, 0.3) is 33.5 Å². The van der Waals surface area contributed by atoms with Gasteiger partial charge in [-0.3, -0.25) is 0 Å². The van der Waals surface area contributed by atoms with Crippen molar-refractivity contribution in [3.05, 3.63) is 204 Å². The summed E-state index contributed by atoms with van der Waals surface area (Å²) in [4.78, 5) is 5.85. The first-order chi connectivity index (χ1) is 27.6. The molecular formula is C55H60N2. The number of fused-ring (bicyclic) bond motifs is 3. The Kier molecular flexibility index (Phi) is 15.7. The molecule has 6 rings (SSSR count). The molecule has 0 fully saturated rings. The second kappa shape index (κ2) is 20.6. The van der Waals surface area contributed by atoms with E-state index < -0.39 is 0 Å². The summed E-state index contributed by atoms with van der Waals surface area (Å²) in [6.45, 7) is 25.2. The monoisotopic (exact) mass is 748 g/mol. The Labute approximate surface area is 344 Å². The highest BCUT2D eigenvalue weighted by atomic mass is 15.1. The van der Waals surface area contributed by atoms with Crippen molar-refractivity contribution in [1.82, 2.24) is 4.98 Å². The number of allylic oxidation sites excluding steroid dienone is 11. The van der Waals surface area contributed by atoms with Crippen molar-refractivity contribution in [2.75, 3.05) is 4.90 Å². The predicted molar refractivity (Wildman–Crippen MR) is 252 cm³/mol. The molecule has 4 aromatic carbocycles. The molecule has 0 radical (unpaired) electrons. The highest BCUT2D eigenvalue weighted by Crippen LogP contribution is 2.50. The molecule has 2 nitrogen and oxygen atoms in total. The molecule has 1 aromatic heterocycles. The minimum atomic E-state index is -0.0866. The summed E-state index contributed by atoms with van der Waals surface area (Å²) in [6.07, 6.45) is 30.7. The van der Waals surface area contributed by atoms with Gasteiger partial charge in [-0.15, -0.1) is 12.8 Å². The van der Waals surface area contributed by atoms with Crippen LogP contribution in [0.2, 0.25) is 0 Å². The van der Waals surface area contributed by atoms with Crippen molar-refractivity contribution in [2.24, 2.45) is 0 Å². The molecule has 2 heteroatoms. The zero-order chi connectivity index (χ0) is 41.5. The maximum absolute atomic E-state index is 4.00. The van der Waals surface area contributed by atoms with Gasteiger partial charge in [0.1, 0.15) is 0 Å². The van der Waals surface area contributed by atoms with Gasteiger partial charge >= 0.3 is 0 Å². The number of hydrogen-bond acceptors (Lipinski definition) is 1. The lowest BCUT2D eigenvalue weighted by molar-refractivity contribution is 0.661. The van der Waals surface area contributed by atoms with Crippen LogP contribution in [0.1, 0.15) is 76.6 Å². The minimum absolute atomic E-state index is 0.0866. The van der Waals surface area contributed by atoms with Crippen LogP contribution in [-0.4, -0.2) is 4.98 Å². The van der Waals surface area contributed by atoms with Crippen LogP contribution in [-0.2, 0) is 5.41 Å². The number of nitrogens with zero attached hydrogens (tertiary/aromatic N) is 1. The molecule has 0 unspecified atom stereocenters. The molecule has 1 N–H and O–H groups in total. The summed E-state index contributed by atoms with van der Waals surface area (Å²) in [5.41, 5.74) is 18.5. The third-order valence-electron chi connectivity index (χ3n) is 10.6. The molecule has 0 aliphatic heterocycles. The van der Waals surface area contributed by atoms with Crippen LogP contribution >= 0.6 is 0 Å². The average Bonchev–Trinajstić information content (AvgIpc) is 3.82. The molecule has 0 amide bonds. The van der Waals surface area contributed by atoms with Gasteiger partial charge in [-0.05, 0) is 140 Å². The Morgan fingerprint density at radius 1 is 0.737 bits per heavy atom. The Bertz CT molecular complexity index is 2330. The summed E-state index contributed by atoms with van der Waals surface area (Å²) in [5.74, 6) is 0. The molecule has 1 aliphatic carbocycles. The summed E-state index contributed by atoms with van der Waals surface area (Å²) in [6, 6.07) is 33.5. The summed E-state index contributed by atoms with van der Waals surface area (Å²) in [7, 11) is 0. The maximum Gasteiger partial charge on any atom is 0.0498 e. The first-order valence-corrected chi connectivity index (χ1v) is 19.9. The van der Waals surface area contributed by atoms with Crippen molar-refractivity contribution in [2.45, 2.75) is 73.6 Å². The van der Waals surface area contributed by atoms with E-state index in [0.29, 0.717) is 0 Å². The fraction of sp³-hybridized carbons (Fsp3) is 0.200. The Morgan fingerprint density at radius 3 is 2.07 bits per heavy atom. The lowest BCUT2D eigenvalue weighted by atomic mass is 9.83. The molecule has 0 saturated carbocycles. The number of benzene rings is 4. The number of H-pyrrole nitrogens is 1. The molecule has 1 heterocycles. The number of nitrogens with one attached hydrogen (secondary N) is 1. The molecule has 0 atom stereocenters. The normalized spacial score (nSPS) is 13.3. The predicted octanol–water partition coefficient (Wildman–Crippen LogP) is 15.7. The van der Waals surface area contributed by atoms with Crippen LogP contribution in [0.15, 0.2) is 182 Å². The van der Waals surface area contributed by atoms with Crippen molar-refractivity contribution >= 4 is 11.4 Å². The van der Waals surface area contributed by atoms with Gasteiger partial charge in [0.05, 0.1) is 0 Å². The Morgan fingerprint density at radius 2 is 1.42 bits per heavy atom. The van der Waals surface area contributed by atoms with Crippen molar-refractivity contribution in [3.8, 4) is 46.4 Å². The van der Waals surface area contributed by atoms with E-state index in [9.17, 15) is 0 Å². The Balaban J connectivity index is 0.000000643. The smallest absolute Gasteiger partial charge is 0.0498 e. The first-order valence-electron chi connectivity index (χ1n) is 19.9. The fourth-order valence-corrected chi connectivity index (χ4v) is 7.27. The SMILES string of the molecule is C#C.C/C=C(C)\C=C/CC.C=C/C=C(\C=C)C/C=C\C(=C/C)N(c1ccc(-c2ccc(C)c(-c3ccccc3C)c2)cc1)c1ccc2c(c1)C(C)(C)c1cc[nH]c1-2. The van der Waals surface area contributed by atoms with Gasteiger partial charge < -0.3 is 9.88 Å². The highest BCUT2D eigenvalue weighted by Gasteiger charge is 2.37. The van der Waals surface area contributed by atoms with Crippen molar-refractivity contribution in [3.63, 3.8) is 0 Å². The number of aryl methyl sites for hydroxylation is 2. The van der Waals surface area contributed by atoms with E-state index in [2.05, 4.69) is 225 Å². The van der Waals surface area contributed by atoms with Gasteiger partial charge in [-0.2, -0.15) is 0 Å². The van der Waals surface area contributed by atoms with Crippen molar-refractivity contribution < 1.29 is 0 Å². The zero-order valence-corrected chi connectivity index (χ0v) is 35.4. The molecule has 0 spiro atoms. The Hall–Kier alpha value is -6.30. The van der Waals surface area contributed by atoms with Crippen LogP contribution in [0.4, 0.5) is 11.4 Å². The van der Waals surface area contributed by atoms with Crippen LogP contribution in [0, 0.1) is 26.7 Å². The average molecular weight is 749 g/mol. The molecule has 290 valence electrons. The van der Waals surface area contributed by atoms with Crippen molar-refractivity contribution in [1.29, 1.82) is 0 Å². The number of anilines is 2. The number of aromatic amines is 1. The summed E-state index contributed by atoms with van der Waals surface area (Å²) < 4.78 is 0.